The lowest BCUT2D eigenvalue weighted by molar-refractivity contribution is -0.137. The number of anilines is 1. The van der Waals surface area contributed by atoms with Crippen LogP contribution in [0.25, 0.3) is 0 Å². The maximum Gasteiger partial charge on any atom is 0.303 e. The first-order chi connectivity index (χ1) is 11.5. The van der Waals surface area contributed by atoms with Gasteiger partial charge < -0.3 is 15.3 Å². The number of nitrogens with one attached hydrogen (secondary N) is 1. The van der Waals surface area contributed by atoms with E-state index in [2.05, 4.69) is 5.32 Å². The van der Waals surface area contributed by atoms with E-state index in [1.54, 1.807) is 28.8 Å². The average molecular weight is 350 g/mol. The number of aliphatic carboxylic acids is 1. The smallest absolute Gasteiger partial charge is 0.303 e. The predicted octanol–water partition coefficient (Wildman–Crippen LogP) is 2.34. The number of carbonyl (C=O) groups is 3. The van der Waals surface area contributed by atoms with Crippen molar-refractivity contribution in [3.05, 3.63) is 29.8 Å². The molecule has 1 aromatic rings. The lowest BCUT2D eigenvalue weighted by Gasteiger charge is -2.23. The van der Waals surface area contributed by atoms with Gasteiger partial charge in [0.15, 0.2) is 0 Å². The van der Waals surface area contributed by atoms with E-state index in [0.29, 0.717) is 30.2 Å². The van der Waals surface area contributed by atoms with Crippen molar-refractivity contribution in [2.24, 2.45) is 0 Å². The highest BCUT2D eigenvalue weighted by Gasteiger charge is 2.34. The molecule has 6 nitrogen and oxygen atoms in total. The van der Waals surface area contributed by atoms with Gasteiger partial charge in [0.25, 0.3) is 0 Å². The summed E-state index contributed by atoms with van der Waals surface area (Å²) in [4.78, 5) is 36.7. The highest BCUT2D eigenvalue weighted by molar-refractivity contribution is 7.99. The first kappa shape index (κ1) is 18.3. The Morgan fingerprint density at radius 3 is 2.58 bits per heavy atom. The number of aryl methyl sites for hydroxylation is 1. The fourth-order valence-corrected chi connectivity index (χ4v) is 3.68. The van der Waals surface area contributed by atoms with Crippen LogP contribution in [0.2, 0.25) is 0 Å². The van der Waals surface area contributed by atoms with Crippen LogP contribution in [0.3, 0.4) is 0 Å². The van der Waals surface area contributed by atoms with Crippen LogP contribution in [0.15, 0.2) is 24.3 Å². The number of thioether (sulfide) groups is 1. The maximum atomic E-state index is 12.4. The van der Waals surface area contributed by atoms with Gasteiger partial charge in [0.1, 0.15) is 6.04 Å². The van der Waals surface area contributed by atoms with Gasteiger partial charge in [0.2, 0.25) is 11.8 Å². The second kappa shape index (κ2) is 8.73. The van der Waals surface area contributed by atoms with Gasteiger partial charge in [-0.15, -0.1) is 11.8 Å². The van der Waals surface area contributed by atoms with Crippen molar-refractivity contribution in [1.29, 1.82) is 0 Å². The minimum absolute atomic E-state index is 0.0201. The van der Waals surface area contributed by atoms with Gasteiger partial charge in [-0.1, -0.05) is 19.1 Å². The molecule has 130 valence electrons. The minimum Gasteiger partial charge on any atom is -0.481 e. The summed E-state index contributed by atoms with van der Waals surface area (Å²) in [6.07, 6.45) is 1.77. The Balaban J connectivity index is 1.93. The molecule has 1 saturated heterocycles. The highest BCUT2D eigenvalue weighted by Crippen LogP contribution is 2.23. The number of hydrogen-bond acceptors (Lipinski definition) is 4. The Hall–Kier alpha value is -2.02. The van der Waals surface area contributed by atoms with Gasteiger partial charge in [0.05, 0.1) is 5.88 Å². The number of rotatable bonds is 7. The van der Waals surface area contributed by atoms with Crippen LogP contribution in [0.5, 0.6) is 0 Å². The van der Waals surface area contributed by atoms with E-state index in [-0.39, 0.29) is 18.2 Å². The van der Waals surface area contributed by atoms with Gasteiger partial charge in [-0.25, -0.2) is 0 Å². The zero-order valence-electron chi connectivity index (χ0n) is 13.7. The van der Waals surface area contributed by atoms with E-state index in [9.17, 15) is 14.4 Å². The zero-order valence-corrected chi connectivity index (χ0v) is 14.5. The van der Waals surface area contributed by atoms with Crippen molar-refractivity contribution in [2.45, 2.75) is 38.6 Å². The average Bonchev–Trinajstić information content (AvgIpc) is 3.04. The van der Waals surface area contributed by atoms with E-state index in [1.807, 2.05) is 19.1 Å². The van der Waals surface area contributed by atoms with Gasteiger partial charge in [0, 0.05) is 24.3 Å². The van der Waals surface area contributed by atoms with Crippen LogP contribution in [0.1, 0.15) is 31.7 Å². The molecule has 0 aromatic heterocycles. The van der Waals surface area contributed by atoms with Crippen LogP contribution < -0.4 is 5.32 Å². The number of benzene rings is 1. The molecule has 1 aromatic carbocycles. The molecule has 1 aliphatic rings. The molecule has 2 rings (SSSR count). The third-order valence-corrected chi connectivity index (χ3v) is 4.83. The van der Waals surface area contributed by atoms with Crippen molar-refractivity contribution >= 4 is 35.2 Å². The van der Waals surface area contributed by atoms with Crippen molar-refractivity contribution in [3.63, 3.8) is 0 Å². The molecule has 0 spiro atoms. The number of nitrogens with zero attached hydrogens (tertiary/aromatic N) is 1. The third kappa shape index (κ3) is 4.99. The van der Waals surface area contributed by atoms with Crippen LogP contribution in [-0.4, -0.2) is 45.5 Å². The van der Waals surface area contributed by atoms with Gasteiger partial charge in [-0.3, -0.25) is 14.4 Å². The van der Waals surface area contributed by atoms with Gasteiger partial charge in [-0.2, -0.15) is 0 Å². The summed E-state index contributed by atoms with van der Waals surface area (Å²) in [6, 6.07) is 6.70. The molecule has 0 aliphatic carbocycles. The Morgan fingerprint density at radius 2 is 1.96 bits per heavy atom. The van der Waals surface area contributed by atoms with E-state index < -0.39 is 12.0 Å². The maximum absolute atomic E-state index is 12.4. The van der Waals surface area contributed by atoms with Crippen LogP contribution in [0, 0.1) is 0 Å². The SMILES string of the molecule is CCCC(=O)N1CSCC1C(=O)Nc1ccc(CCC(=O)O)cc1. The number of carboxylic acids is 1. The number of amides is 2. The van der Waals surface area contributed by atoms with Crippen molar-refractivity contribution < 1.29 is 19.5 Å². The highest BCUT2D eigenvalue weighted by atomic mass is 32.2. The van der Waals surface area contributed by atoms with Crippen LogP contribution >= 0.6 is 11.8 Å². The molecule has 0 radical (unpaired) electrons. The molecule has 1 unspecified atom stereocenters. The first-order valence-corrected chi connectivity index (χ1v) is 9.15. The van der Waals surface area contributed by atoms with Gasteiger partial charge in [-0.05, 0) is 30.5 Å². The van der Waals surface area contributed by atoms with Crippen molar-refractivity contribution in [1.82, 2.24) is 4.90 Å². The Labute approximate surface area is 145 Å². The van der Waals surface area contributed by atoms with Crippen LogP contribution in [0.4, 0.5) is 5.69 Å². The summed E-state index contributed by atoms with van der Waals surface area (Å²) in [5, 5.41) is 11.5. The van der Waals surface area contributed by atoms with Crippen molar-refractivity contribution in [3.8, 4) is 0 Å². The molecule has 0 bridgehead atoms. The predicted molar refractivity (Wildman–Crippen MR) is 93.9 cm³/mol. The van der Waals surface area contributed by atoms with Crippen molar-refractivity contribution in [2.75, 3.05) is 16.9 Å². The van der Waals surface area contributed by atoms with E-state index in [0.717, 1.165) is 12.0 Å². The second-order valence-corrected chi connectivity index (χ2v) is 6.71. The quantitative estimate of drug-likeness (QED) is 0.788. The van der Waals surface area contributed by atoms with Crippen LogP contribution in [-0.2, 0) is 20.8 Å². The monoisotopic (exact) mass is 350 g/mol. The summed E-state index contributed by atoms with van der Waals surface area (Å²) in [5.41, 5.74) is 1.56. The molecule has 2 N–H and O–H groups in total. The fourth-order valence-electron chi connectivity index (χ4n) is 2.49. The molecule has 2 amide bonds. The summed E-state index contributed by atoms with van der Waals surface area (Å²) in [7, 11) is 0. The van der Waals surface area contributed by atoms with Gasteiger partial charge >= 0.3 is 5.97 Å². The summed E-state index contributed by atoms with van der Waals surface area (Å²) in [5.74, 6) is 0.181. The molecule has 1 fully saturated rings. The number of carboxylic acid groups (broad SMARTS) is 1. The summed E-state index contributed by atoms with van der Waals surface area (Å²) in [6.45, 7) is 1.95. The molecular weight excluding hydrogens is 328 g/mol. The minimum atomic E-state index is -0.831. The third-order valence-electron chi connectivity index (χ3n) is 3.82. The zero-order chi connectivity index (χ0) is 17.5. The Kier molecular flexibility index (Phi) is 6.66. The topological polar surface area (TPSA) is 86.7 Å². The molecule has 1 atom stereocenters. The molecular formula is C17H22N2O4S. The number of carbonyl (C=O) groups excluding carboxylic acids is 2. The molecule has 0 saturated carbocycles. The molecule has 1 aliphatic heterocycles. The van der Waals surface area contributed by atoms with E-state index in [4.69, 9.17) is 5.11 Å². The fraction of sp³-hybridized carbons (Fsp3) is 0.471. The summed E-state index contributed by atoms with van der Waals surface area (Å²) < 4.78 is 0. The largest absolute Gasteiger partial charge is 0.481 e. The standard InChI is InChI=1S/C17H22N2O4S/c1-2-3-15(20)19-11-24-10-14(19)17(23)18-13-7-4-12(5-8-13)6-9-16(21)22/h4-5,7-8,14H,2-3,6,9-11H2,1H3,(H,18,23)(H,21,22). The molecule has 1 heterocycles. The van der Waals surface area contributed by atoms with E-state index >= 15 is 0 Å². The Morgan fingerprint density at radius 1 is 1.25 bits per heavy atom. The molecule has 24 heavy (non-hydrogen) atoms. The lowest BCUT2D eigenvalue weighted by atomic mass is 10.1. The second-order valence-electron chi connectivity index (χ2n) is 5.71. The normalized spacial score (nSPS) is 16.9. The summed E-state index contributed by atoms with van der Waals surface area (Å²) >= 11 is 1.58. The van der Waals surface area contributed by atoms with E-state index in [1.165, 1.54) is 0 Å². The lowest BCUT2D eigenvalue weighted by Crippen LogP contribution is -2.44. The molecule has 7 heteroatoms. The first-order valence-electron chi connectivity index (χ1n) is 8.00. The number of hydrogen-bond donors (Lipinski definition) is 2. The Bertz CT molecular complexity index is 603.